The van der Waals surface area contributed by atoms with Crippen LogP contribution in [0.25, 0.3) is 0 Å². The highest BCUT2D eigenvalue weighted by Crippen LogP contribution is 2.15. The Morgan fingerprint density at radius 1 is 1.27 bits per heavy atom. The molecule has 0 saturated carbocycles. The first-order valence-corrected chi connectivity index (χ1v) is 11.6. The van der Waals surface area contributed by atoms with E-state index in [1.165, 1.54) is 23.6 Å². The van der Waals surface area contributed by atoms with E-state index >= 15 is 0 Å². The molecule has 1 aliphatic rings. The molecule has 0 spiro atoms. The molecule has 2 rings (SSSR count). The molecule has 1 aliphatic heterocycles. The second-order valence-corrected chi connectivity index (χ2v) is 9.69. The van der Waals surface area contributed by atoms with Gasteiger partial charge in [-0.1, -0.05) is 18.6 Å². The SMILES string of the molecule is C[C@H](CO)N(CCN1CCCCC1)S(=O)(=O)CCCc1cccc(S)c1. The number of aliphatic hydroxyl groups is 1. The number of aliphatic hydroxyl groups excluding tert-OH is 1. The van der Waals surface area contributed by atoms with Crippen molar-refractivity contribution in [3.63, 3.8) is 0 Å². The molecule has 1 fully saturated rings. The summed E-state index contributed by atoms with van der Waals surface area (Å²) in [6.07, 6.45) is 4.91. The normalized spacial score (nSPS) is 17.5. The Bertz CT molecular complexity index is 646. The number of hydrogen-bond acceptors (Lipinski definition) is 5. The van der Waals surface area contributed by atoms with E-state index in [2.05, 4.69) is 17.5 Å². The fraction of sp³-hybridized carbons (Fsp3) is 0.684. The maximum Gasteiger partial charge on any atom is 0.214 e. The third kappa shape index (κ3) is 6.85. The summed E-state index contributed by atoms with van der Waals surface area (Å²) in [5.41, 5.74) is 1.10. The van der Waals surface area contributed by atoms with Gasteiger partial charge < -0.3 is 10.0 Å². The first-order valence-electron chi connectivity index (χ1n) is 9.53. The van der Waals surface area contributed by atoms with Crippen LogP contribution in [0.4, 0.5) is 0 Å². The van der Waals surface area contributed by atoms with Gasteiger partial charge in [0.2, 0.25) is 10.0 Å². The maximum absolute atomic E-state index is 12.8. The number of benzene rings is 1. The monoisotopic (exact) mass is 400 g/mol. The Morgan fingerprint density at radius 3 is 2.65 bits per heavy atom. The summed E-state index contributed by atoms with van der Waals surface area (Å²) < 4.78 is 27.2. The molecule has 26 heavy (non-hydrogen) atoms. The Labute approximate surface area is 163 Å². The number of aryl methyl sites for hydroxylation is 1. The number of nitrogens with zero attached hydrogens (tertiary/aromatic N) is 2. The van der Waals surface area contributed by atoms with E-state index in [1.54, 1.807) is 6.92 Å². The van der Waals surface area contributed by atoms with Crippen LogP contribution in [-0.4, -0.2) is 67.3 Å². The number of thiol groups is 1. The van der Waals surface area contributed by atoms with Gasteiger partial charge in [-0.3, -0.25) is 0 Å². The van der Waals surface area contributed by atoms with Crippen molar-refractivity contribution >= 4 is 22.7 Å². The lowest BCUT2D eigenvalue weighted by Gasteiger charge is -2.32. The Kier molecular flexibility index (Phi) is 8.90. The fourth-order valence-electron chi connectivity index (χ4n) is 3.44. The van der Waals surface area contributed by atoms with E-state index in [0.717, 1.165) is 30.1 Å². The van der Waals surface area contributed by atoms with Crippen molar-refractivity contribution in [3.05, 3.63) is 29.8 Å². The third-order valence-electron chi connectivity index (χ3n) is 4.98. The molecule has 0 unspecified atom stereocenters. The van der Waals surface area contributed by atoms with Crippen LogP contribution in [0, 0.1) is 0 Å². The zero-order chi connectivity index (χ0) is 19.0. The minimum absolute atomic E-state index is 0.105. The third-order valence-corrected chi connectivity index (χ3v) is 7.32. The second kappa shape index (κ2) is 10.7. The van der Waals surface area contributed by atoms with Crippen molar-refractivity contribution in [3.8, 4) is 0 Å². The molecule has 0 aromatic heterocycles. The number of rotatable bonds is 10. The van der Waals surface area contributed by atoms with E-state index in [4.69, 9.17) is 0 Å². The number of sulfonamides is 1. The summed E-state index contributed by atoms with van der Waals surface area (Å²) in [5.74, 6) is 0.105. The summed E-state index contributed by atoms with van der Waals surface area (Å²) in [6, 6.07) is 7.43. The molecule has 1 N–H and O–H groups in total. The average Bonchev–Trinajstić information content (AvgIpc) is 2.62. The molecule has 5 nitrogen and oxygen atoms in total. The van der Waals surface area contributed by atoms with Crippen molar-refractivity contribution < 1.29 is 13.5 Å². The standard InChI is InChI=1S/C19H32N2O3S2/c1-17(16-22)21(13-12-20-10-3-2-4-11-20)26(23,24)14-6-8-18-7-5-9-19(25)15-18/h5,7,9,15,17,22,25H,2-4,6,8,10-14,16H2,1H3/t17-/m1/s1. The lowest BCUT2D eigenvalue weighted by Crippen LogP contribution is -2.46. The maximum atomic E-state index is 12.8. The molecule has 1 aromatic carbocycles. The molecular weight excluding hydrogens is 368 g/mol. The molecular formula is C19H32N2O3S2. The van der Waals surface area contributed by atoms with Crippen molar-refractivity contribution in [2.75, 3.05) is 38.5 Å². The van der Waals surface area contributed by atoms with Crippen LogP contribution in [0.5, 0.6) is 0 Å². The topological polar surface area (TPSA) is 60.9 Å². The van der Waals surface area contributed by atoms with Crippen molar-refractivity contribution in [1.82, 2.24) is 9.21 Å². The summed E-state index contributed by atoms with van der Waals surface area (Å²) in [4.78, 5) is 3.22. The van der Waals surface area contributed by atoms with Gasteiger partial charge in [0.05, 0.1) is 12.4 Å². The van der Waals surface area contributed by atoms with E-state index in [1.807, 2.05) is 24.3 Å². The Hall–Kier alpha value is -0.600. The van der Waals surface area contributed by atoms with Crippen molar-refractivity contribution in [2.45, 2.75) is 50.0 Å². The fourth-order valence-corrected chi connectivity index (χ4v) is 5.41. The number of hydrogen-bond donors (Lipinski definition) is 2. The molecule has 1 aromatic rings. The van der Waals surface area contributed by atoms with Crippen LogP contribution >= 0.6 is 12.6 Å². The molecule has 0 bridgehead atoms. The van der Waals surface area contributed by atoms with Crippen molar-refractivity contribution in [2.24, 2.45) is 0 Å². The van der Waals surface area contributed by atoms with Crippen LogP contribution in [0.3, 0.4) is 0 Å². The minimum atomic E-state index is -3.39. The van der Waals surface area contributed by atoms with Gasteiger partial charge in [-0.05, 0) is 63.4 Å². The Balaban J connectivity index is 1.91. The average molecular weight is 401 g/mol. The minimum Gasteiger partial charge on any atom is -0.395 e. The lowest BCUT2D eigenvalue weighted by atomic mass is 10.1. The van der Waals surface area contributed by atoms with Gasteiger partial charge in [-0.25, -0.2) is 8.42 Å². The van der Waals surface area contributed by atoms with Gasteiger partial charge in [0, 0.05) is 24.0 Å². The predicted octanol–water partition coefficient (Wildman–Crippen LogP) is 2.41. The highest BCUT2D eigenvalue weighted by Gasteiger charge is 2.27. The zero-order valence-electron chi connectivity index (χ0n) is 15.7. The largest absolute Gasteiger partial charge is 0.395 e. The summed E-state index contributed by atoms with van der Waals surface area (Å²) in [7, 11) is -3.39. The Morgan fingerprint density at radius 2 is 2.00 bits per heavy atom. The van der Waals surface area contributed by atoms with Gasteiger partial charge in [0.15, 0.2) is 0 Å². The van der Waals surface area contributed by atoms with Gasteiger partial charge in [-0.15, -0.1) is 12.6 Å². The number of likely N-dealkylation sites (tertiary alicyclic amines) is 1. The van der Waals surface area contributed by atoms with Crippen molar-refractivity contribution in [1.29, 1.82) is 0 Å². The van der Waals surface area contributed by atoms with Crippen LogP contribution in [0.1, 0.15) is 38.2 Å². The molecule has 1 atom stereocenters. The van der Waals surface area contributed by atoms with Gasteiger partial charge in [-0.2, -0.15) is 4.31 Å². The molecule has 0 amide bonds. The van der Waals surface area contributed by atoms with E-state index in [-0.39, 0.29) is 18.4 Å². The van der Waals surface area contributed by atoms with Gasteiger partial charge in [0.1, 0.15) is 0 Å². The molecule has 0 aliphatic carbocycles. The molecule has 1 heterocycles. The van der Waals surface area contributed by atoms with E-state index < -0.39 is 10.0 Å². The predicted molar refractivity (Wildman–Crippen MR) is 109 cm³/mol. The second-order valence-electron chi connectivity index (χ2n) is 7.13. The highest BCUT2D eigenvalue weighted by atomic mass is 32.2. The van der Waals surface area contributed by atoms with E-state index in [0.29, 0.717) is 19.4 Å². The first-order chi connectivity index (χ1) is 12.4. The smallest absolute Gasteiger partial charge is 0.214 e. The summed E-state index contributed by atoms with van der Waals surface area (Å²) in [5, 5.41) is 9.51. The first kappa shape index (κ1) is 21.7. The quantitative estimate of drug-likeness (QED) is 0.592. The van der Waals surface area contributed by atoms with Crippen LogP contribution in [-0.2, 0) is 16.4 Å². The van der Waals surface area contributed by atoms with E-state index in [9.17, 15) is 13.5 Å². The summed E-state index contributed by atoms with van der Waals surface area (Å²) in [6.45, 7) is 4.91. The molecule has 7 heteroatoms. The molecule has 1 saturated heterocycles. The van der Waals surface area contributed by atoms with Crippen LogP contribution < -0.4 is 0 Å². The zero-order valence-corrected chi connectivity index (χ0v) is 17.4. The van der Waals surface area contributed by atoms with Gasteiger partial charge in [0.25, 0.3) is 0 Å². The number of piperidine rings is 1. The van der Waals surface area contributed by atoms with Crippen LogP contribution in [0.2, 0.25) is 0 Å². The van der Waals surface area contributed by atoms with Gasteiger partial charge >= 0.3 is 0 Å². The molecule has 148 valence electrons. The molecule has 0 radical (unpaired) electrons. The summed E-state index contributed by atoms with van der Waals surface area (Å²) >= 11 is 4.32. The lowest BCUT2D eigenvalue weighted by molar-refractivity contribution is 0.168. The highest BCUT2D eigenvalue weighted by molar-refractivity contribution is 7.89. The van der Waals surface area contributed by atoms with Crippen LogP contribution in [0.15, 0.2) is 29.2 Å².